The molecule has 1 aromatic rings. The summed E-state index contributed by atoms with van der Waals surface area (Å²) in [6.45, 7) is 0.984. The van der Waals surface area contributed by atoms with Gasteiger partial charge in [0.05, 0.1) is 17.9 Å². The topological polar surface area (TPSA) is 61.8 Å². The highest BCUT2D eigenvalue weighted by molar-refractivity contribution is 7.85. The minimum Gasteiger partial charge on any atom is -0.486 e. The van der Waals surface area contributed by atoms with E-state index in [9.17, 15) is 9.00 Å². The number of benzene rings is 1. The van der Waals surface area contributed by atoms with Crippen LogP contribution in [0.3, 0.4) is 0 Å². The van der Waals surface area contributed by atoms with Crippen molar-refractivity contribution in [2.45, 2.75) is 4.90 Å². The smallest absolute Gasteiger partial charge is 0.318 e. The van der Waals surface area contributed by atoms with E-state index in [1.54, 1.807) is 18.2 Å². The van der Waals surface area contributed by atoms with Crippen LogP contribution in [0.2, 0.25) is 0 Å². The predicted octanol–water partition coefficient (Wildman–Crippen LogP) is 0.738. The van der Waals surface area contributed by atoms with Gasteiger partial charge in [-0.3, -0.25) is 9.00 Å². The molecule has 0 amide bonds. The Balaban J connectivity index is 2.16. The van der Waals surface area contributed by atoms with Gasteiger partial charge < -0.3 is 14.2 Å². The molecule has 1 aromatic carbocycles. The maximum absolute atomic E-state index is 11.8. The van der Waals surface area contributed by atoms with E-state index in [2.05, 4.69) is 4.74 Å². The van der Waals surface area contributed by atoms with Crippen LogP contribution < -0.4 is 9.47 Å². The summed E-state index contributed by atoms with van der Waals surface area (Å²) < 4.78 is 27.0. The van der Waals surface area contributed by atoms with Gasteiger partial charge in [0.25, 0.3) is 0 Å². The third-order valence-corrected chi connectivity index (χ3v) is 3.53. The van der Waals surface area contributed by atoms with Crippen LogP contribution in [0.1, 0.15) is 0 Å². The Kier molecular flexibility index (Phi) is 3.63. The number of hydrogen-bond acceptors (Lipinski definition) is 5. The second-order valence-electron chi connectivity index (χ2n) is 3.37. The van der Waals surface area contributed by atoms with Crippen molar-refractivity contribution in [2.24, 2.45) is 0 Å². The summed E-state index contributed by atoms with van der Waals surface area (Å²) in [7, 11) is -0.154. The molecule has 0 spiro atoms. The molecule has 0 N–H and O–H groups in total. The molecule has 6 heteroatoms. The first kappa shape index (κ1) is 11.9. The van der Waals surface area contributed by atoms with Crippen molar-refractivity contribution in [3.63, 3.8) is 0 Å². The molecule has 2 rings (SSSR count). The molecule has 0 bridgehead atoms. The third-order valence-electron chi connectivity index (χ3n) is 2.25. The first-order chi connectivity index (χ1) is 8.20. The van der Waals surface area contributed by atoms with Gasteiger partial charge >= 0.3 is 5.97 Å². The predicted molar refractivity (Wildman–Crippen MR) is 60.7 cm³/mol. The Morgan fingerprint density at radius 1 is 1.35 bits per heavy atom. The number of ether oxygens (including phenoxy) is 3. The van der Waals surface area contributed by atoms with E-state index < -0.39 is 16.8 Å². The molecule has 0 saturated carbocycles. The zero-order chi connectivity index (χ0) is 12.3. The zero-order valence-corrected chi connectivity index (χ0v) is 10.1. The maximum atomic E-state index is 11.8. The lowest BCUT2D eigenvalue weighted by Crippen LogP contribution is -2.16. The van der Waals surface area contributed by atoms with Crippen LogP contribution in [-0.4, -0.2) is 36.3 Å². The third kappa shape index (κ3) is 2.76. The number of fused-ring (bicyclic) bond motifs is 1. The number of methoxy groups -OCH3 is 1. The Morgan fingerprint density at radius 3 is 2.76 bits per heavy atom. The molecule has 0 aliphatic carbocycles. The van der Waals surface area contributed by atoms with Crippen molar-refractivity contribution in [2.75, 3.05) is 26.1 Å². The fourth-order valence-corrected chi connectivity index (χ4v) is 2.37. The van der Waals surface area contributed by atoms with Crippen LogP contribution in [0, 0.1) is 0 Å². The lowest BCUT2D eigenvalue weighted by molar-refractivity contribution is -0.137. The van der Waals surface area contributed by atoms with Gasteiger partial charge in [-0.2, -0.15) is 0 Å². The normalized spacial score (nSPS) is 15.1. The Morgan fingerprint density at radius 2 is 2.06 bits per heavy atom. The molecule has 1 unspecified atom stereocenters. The molecule has 0 aromatic heterocycles. The lowest BCUT2D eigenvalue weighted by atomic mass is 10.3. The average Bonchev–Trinajstić information content (AvgIpc) is 2.38. The quantitative estimate of drug-likeness (QED) is 0.746. The van der Waals surface area contributed by atoms with Crippen LogP contribution in [0.15, 0.2) is 23.1 Å². The second kappa shape index (κ2) is 5.18. The van der Waals surface area contributed by atoms with Crippen molar-refractivity contribution >= 4 is 16.8 Å². The average molecular weight is 256 g/mol. The second-order valence-corrected chi connectivity index (χ2v) is 4.82. The minimum absolute atomic E-state index is 0.157. The molecule has 5 nitrogen and oxygen atoms in total. The van der Waals surface area contributed by atoms with E-state index in [1.807, 2.05) is 0 Å². The van der Waals surface area contributed by atoms with Crippen molar-refractivity contribution in [1.82, 2.24) is 0 Å². The van der Waals surface area contributed by atoms with Crippen LogP contribution in [0.5, 0.6) is 11.5 Å². The van der Waals surface area contributed by atoms with Crippen LogP contribution in [0.4, 0.5) is 0 Å². The number of carbonyl (C=O) groups is 1. The van der Waals surface area contributed by atoms with Gasteiger partial charge in [0.2, 0.25) is 0 Å². The summed E-state index contributed by atoms with van der Waals surface area (Å²) in [5.41, 5.74) is 0. The Bertz CT molecular complexity index is 457. The molecule has 1 aliphatic rings. The standard InChI is InChI=1S/C11H12O5S/c1-14-11(12)7-17(13)8-2-3-9-10(6-8)16-5-4-15-9/h2-3,6H,4-5,7H2,1H3. The Labute approximate surface area is 101 Å². The maximum Gasteiger partial charge on any atom is 0.318 e. The minimum atomic E-state index is -1.42. The van der Waals surface area contributed by atoms with Gasteiger partial charge in [0.15, 0.2) is 11.5 Å². The van der Waals surface area contributed by atoms with Crippen LogP contribution in [-0.2, 0) is 20.3 Å². The molecular formula is C11H12O5S. The largest absolute Gasteiger partial charge is 0.486 e. The molecule has 92 valence electrons. The van der Waals surface area contributed by atoms with Gasteiger partial charge in [0, 0.05) is 11.0 Å². The van der Waals surface area contributed by atoms with Crippen molar-refractivity contribution in [3.8, 4) is 11.5 Å². The number of esters is 1. The highest BCUT2D eigenvalue weighted by Crippen LogP contribution is 2.31. The molecule has 1 atom stereocenters. The molecule has 17 heavy (non-hydrogen) atoms. The summed E-state index contributed by atoms with van der Waals surface area (Å²) >= 11 is 0. The number of rotatable bonds is 3. The summed E-state index contributed by atoms with van der Waals surface area (Å²) in [6, 6.07) is 4.99. The van der Waals surface area contributed by atoms with E-state index in [1.165, 1.54) is 7.11 Å². The van der Waals surface area contributed by atoms with E-state index >= 15 is 0 Å². The zero-order valence-electron chi connectivity index (χ0n) is 9.30. The van der Waals surface area contributed by atoms with Gasteiger partial charge in [-0.05, 0) is 12.1 Å². The van der Waals surface area contributed by atoms with Crippen molar-refractivity contribution < 1.29 is 23.2 Å². The van der Waals surface area contributed by atoms with E-state index in [0.717, 1.165) is 0 Å². The fraction of sp³-hybridized carbons (Fsp3) is 0.364. The van der Waals surface area contributed by atoms with E-state index in [4.69, 9.17) is 9.47 Å². The molecule has 0 fully saturated rings. The Hall–Kier alpha value is -1.56. The monoisotopic (exact) mass is 256 g/mol. The molecule has 0 radical (unpaired) electrons. The van der Waals surface area contributed by atoms with Gasteiger partial charge in [-0.15, -0.1) is 0 Å². The van der Waals surface area contributed by atoms with Gasteiger partial charge in [0.1, 0.15) is 19.0 Å². The molecule has 0 saturated heterocycles. The first-order valence-electron chi connectivity index (χ1n) is 5.05. The summed E-state index contributed by atoms with van der Waals surface area (Å²) in [5, 5.41) is 0. The van der Waals surface area contributed by atoms with Crippen LogP contribution >= 0.6 is 0 Å². The van der Waals surface area contributed by atoms with E-state index in [0.29, 0.717) is 29.6 Å². The molecular weight excluding hydrogens is 244 g/mol. The van der Waals surface area contributed by atoms with Gasteiger partial charge in [-0.25, -0.2) is 0 Å². The molecule has 1 aliphatic heterocycles. The first-order valence-corrected chi connectivity index (χ1v) is 6.37. The van der Waals surface area contributed by atoms with Crippen molar-refractivity contribution in [1.29, 1.82) is 0 Å². The number of carbonyl (C=O) groups excluding carboxylic acids is 1. The van der Waals surface area contributed by atoms with E-state index in [-0.39, 0.29) is 5.75 Å². The SMILES string of the molecule is COC(=O)CS(=O)c1ccc2c(c1)OCCO2. The summed E-state index contributed by atoms with van der Waals surface area (Å²) in [4.78, 5) is 11.5. The lowest BCUT2D eigenvalue weighted by Gasteiger charge is -2.18. The van der Waals surface area contributed by atoms with Gasteiger partial charge in [-0.1, -0.05) is 0 Å². The molecule has 1 heterocycles. The van der Waals surface area contributed by atoms with Crippen LogP contribution in [0.25, 0.3) is 0 Å². The number of hydrogen-bond donors (Lipinski definition) is 0. The van der Waals surface area contributed by atoms with Crippen molar-refractivity contribution in [3.05, 3.63) is 18.2 Å². The highest BCUT2D eigenvalue weighted by atomic mass is 32.2. The summed E-state index contributed by atoms with van der Waals surface area (Å²) in [5.74, 6) is 0.538. The fourth-order valence-electron chi connectivity index (χ4n) is 1.41. The highest BCUT2D eigenvalue weighted by Gasteiger charge is 2.16. The summed E-state index contributed by atoms with van der Waals surface area (Å²) in [6.07, 6.45) is 0.